The van der Waals surface area contributed by atoms with Crippen molar-refractivity contribution < 1.29 is 23.1 Å². The quantitative estimate of drug-likeness (QED) is 0.539. The van der Waals surface area contributed by atoms with Crippen LogP contribution >= 0.6 is 0 Å². The largest absolute Gasteiger partial charge is 0.480 e. The van der Waals surface area contributed by atoms with E-state index in [1.165, 1.54) is 0 Å². The van der Waals surface area contributed by atoms with E-state index < -0.39 is 21.7 Å². The number of nitrogens with one attached hydrogen (secondary N) is 1. The minimum absolute atomic E-state index is 0.204. The molecule has 0 heterocycles. The lowest BCUT2D eigenvalue weighted by Gasteiger charge is -2.04. The van der Waals surface area contributed by atoms with Gasteiger partial charge in [-0.1, -0.05) is 0 Å². The molecule has 84 valence electrons. The molecule has 2 N–H and O–H groups in total. The number of carbonyl (C=O) groups is 1. The maximum absolute atomic E-state index is 10.9. The van der Waals surface area contributed by atoms with E-state index in [0.29, 0.717) is 19.6 Å². The summed E-state index contributed by atoms with van der Waals surface area (Å²) >= 11 is 0. The van der Waals surface area contributed by atoms with Crippen LogP contribution in [-0.4, -0.2) is 45.0 Å². The van der Waals surface area contributed by atoms with E-state index in [1.807, 2.05) is 6.92 Å². The van der Waals surface area contributed by atoms with Crippen molar-refractivity contribution in [3.63, 3.8) is 0 Å². The topological polar surface area (TPSA) is 92.7 Å². The lowest BCUT2D eigenvalue weighted by molar-refractivity contribution is -0.134. The van der Waals surface area contributed by atoms with Gasteiger partial charge in [0, 0.05) is 19.8 Å². The van der Waals surface area contributed by atoms with Gasteiger partial charge in [0.25, 0.3) is 0 Å². The van der Waals surface area contributed by atoms with Gasteiger partial charge in [-0.05, 0) is 13.3 Å². The zero-order valence-electron chi connectivity index (χ0n) is 8.02. The molecule has 0 amide bonds. The zero-order chi connectivity index (χ0) is 11.0. The van der Waals surface area contributed by atoms with E-state index in [1.54, 1.807) is 0 Å². The minimum atomic E-state index is -3.67. The lowest BCUT2D eigenvalue weighted by Crippen LogP contribution is -2.31. The Morgan fingerprint density at radius 1 is 1.50 bits per heavy atom. The maximum atomic E-state index is 10.9. The van der Waals surface area contributed by atoms with Crippen molar-refractivity contribution in [2.24, 2.45) is 0 Å². The van der Waals surface area contributed by atoms with Crippen molar-refractivity contribution in [1.82, 2.24) is 4.72 Å². The summed E-state index contributed by atoms with van der Waals surface area (Å²) in [6.45, 7) is 3.10. The monoisotopic (exact) mass is 225 g/mol. The molecule has 0 aromatic heterocycles. The molecule has 0 spiro atoms. The van der Waals surface area contributed by atoms with Crippen LogP contribution in [0.2, 0.25) is 0 Å². The van der Waals surface area contributed by atoms with Gasteiger partial charge in [-0.25, -0.2) is 13.1 Å². The molecule has 0 saturated carbocycles. The summed E-state index contributed by atoms with van der Waals surface area (Å²) in [5, 5.41) is 8.25. The summed E-state index contributed by atoms with van der Waals surface area (Å²) in [6.07, 6.45) is 0.534. The van der Waals surface area contributed by atoms with Gasteiger partial charge < -0.3 is 9.84 Å². The smallest absolute Gasteiger partial charge is 0.320 e. The highest BCUT2D eigenvalue weighted by molar-refractivity contribution is 7.90. The standard InChI is InChI=1S/C7H15NO5S/c1-2-13-5-3-4-8-14(11,12)6-7(9)10/h8H,2-6H2,1H3,(H,9,10). The van der Waals surface area contributed by atoms with Crippen LogP contribution < -0.4 is 4.72 Å². The third-order valence-electron chi connectivity index (χ3n) is 1.31. The predicted octanol–water partition coefficient (Wildman–Crippen LogP) is -0.583. The van der Waals surface area contributed by atoms with Gasteiger partial charge in [0.05, 0.1) is 0 Å². The molecular weight excluding hydrogens is 210 g/mol. The number of rotatable bonds is 8. The Balaban J connectivity index is 3.61. The number of ether oxygens (including phenoxy) is 1. The summed E-state index contributed by atoms with van der Waals surface area (Å²) in [7, 11) is -3.67. The third kappa shape index (κ3) is 7.96. The van der Waals surface area contributed by atoms with Gasteiger partial charge in [0.1, 0.15) is 0 Å². The second-order valence-electron chi connectivity index (χ2n) is 2.60. The number of aliphatic carboxylic acids is 1. The van der Waals surface area contributed by atoms with Crippen molar-refractivity contribution >= 4 is 16.0 Å². The summed E-state index contributed by atoms with van der Waals surface area (Å²) < 4.78 is 29.0. The van der Waals surface area contributed by atoms with Crippen molar-refractivity contribution in [3.05, 3.63) is 0 Å². The van der Waals surface area contributed by atoms with E-state index in [0.717, 1.165) is 0 Å². The number of hydrogen-bond acceptors (Lipinski definition) is 4. The lowest BCUT2D eigenvalue weighted by atomic mass is 10.5. The maximum Gasteiger partial charge on any atom is 0.320 e. The van der Waals surface area contributed by atoms with Crippen LogP contribution in [-0.2, 0) is 19.6 Å². The number of carboxylic acids is 1. The normalized spacial score (nSPS) is 11.5. The van der Waals surface area contributed by atoms with Crippen molar-refractivity contribution in [3.8, 4) is 0 Å². The number of hydrogen-bond donors (Lipinski definition) is 2. The summed E-state index contributed by atoms with van der Waals surface area (Å²) in [5.41, 5.74) is 0. The molecule has 0 fully saturated rings. The van der Waals surface area contributed by atoms with Gasteiger partial charge in [0.2, 0.25) is 10.0 Å². The summed E-state index contributed by atoms with van der Waals surface area (Å²) in [6, 6.07) is 0. The Labute approximate surface area is 83.3 Å². The van der Waals surface area contributed by atoms with Gasteiger partial charge in [-0.3, -0.25) is 4.79 Å². The summed E-state index contributed by atoms with van der Waals surface area (Å²) in [5.74, 6) is -2.25. The fourth-order valence-electron chi connectivity index (χ4n) is 0.760. The highest BCUT2D eigenvalue weighted by Crippen LogP contribution is 1.86. The predicted molar refractivity (Wildman–Crippen MR) is 50.5 cm³/mol. The fourth-order valence-corrected chi connectivity index (χ4v) is 1.64. The average Bonchev–Trinajstić information content (AvgIpc) is 2.01. The van der Waals surface area contributed by atoms with Gasteiger partial charge in [0.15, 0.2) is 5.75 Å². The molecule has 0 aromatic carbocycles. The molecule has 0 aliphatic carbocycles. The molecule has 0 rings (SSSR count). The molecule has 0 saturated heterocycles. The zero-order valence-corrected chi connectivity index (χ0v) is 8.84. The minimum Gasteiger partial charge on any atom is -0.480 e. The first kappa shape index (κ1) is 13.3. The van der Waals surface area contributed by atoms with Gasteiger partial charge in [-0.2, -0.15) is 0 Å². The second-order valence-corrected chi connectivity index (χ2v) is 4.40. The molecule has 7 heteroatoms. The van der Waals surface area contributed by atoms with Gasteiger partial charge in [-0.15, -0.1) is 0 Å². The Morgan fingerprint density at radius 3 is 2.64 bits per heavy atom. The molecule has 0 atom stereocenters. The first-order valence-corrected chi connectivity index (χ1v) is 5.90. The highest BCUT2D eigenvalue weighted by atomic mass is 32.2. The summed E-state index contributed by atoms with van der Waals surface area (Å²) in [4.78, 5) is 10.1. The van der Waals surface area contributed by atoms with E-state index in [-0.39, 0.29) is 6.54 Å². The van der Waals surface area contributed by atoms with Crippen LogP contribution in [0.4, 0.5) is 0 Å². The molecule has 0 aliphatic rings. The Hall–Kier alpha value is -0.660. The molecule has 0 aliphatic heterocycles. The van der Waals surface area contributed by atoms with E-state index in [2.05, 4.69) is 4.72 Å². The molecule has 0 unspecified atom stereocenters. The average molecular weight is 225 g/mol. The highest BCUT2D eigenvalue weighted by Gasteiger charge is 2.13. The van der Waals surface area contributed by atoms with E-state index in [4.69, 9.17) is 9.84 Å². The SMILES string of the molecule is CCOCCCNS(=O)(=O)CC(=O)O. The van der Waals surface area contributed by atoms with E-state index >= 15 is 0 Å². The first-order valence-electron chi connectivity index (χ1n) is 4.25. The van der Waals surface area contributed by atoms with Crippen LogP contribution in [0.25, 0.3) is 0 Å². The van der Waals surface area contributed by atoms with Crippen LogP contribution in [0.1, 0.15) is 13.3 Å². The Kier molecular flexibility index (Phi) is 6.43. The second kappa shape index (κ2) is 6.74. The number of carboxylic acid groups (broad SMARTS) is 1. The van der Waals surface area contributed by atoms with Crippen molar-refractivity contribution in [1.29, 1.82) is 0 Å². The molecule has 0 bridgehead atoms. The molecular formula is C7H15NO5S. The van der Waals surface area contributed by atoms with Crippen LogP contribution in [0.15, 0.2) is 0 Å². The molecule has 0 radical (unpaired) electrons. The fraction of sp³-hybridized carbons (Fsp3) is 0.857. The van der Waals surface area contributed by atoms with Crippen LogP contribution in [0.3, 0.4) is 0 Å². The Bertz CT molecular complexity index is 261. The molecule has 6 nitrogen and oxygen atoms in total. The van der Waals surface area contributed by atoms with Crippen LogP contribution in [0, 0.1) is 0 Å². The van der Waals surface area contributed by atoms with Crippen LogP contribution in [0.5, 0.6) is 0 Å². The molecule has 14 heavy (non-hydrogen) atoms. The van der Waals surface area contributed by atoms with E-state index in [9.17, 15) is 13.2 Å². The van der Waals surface area contributed by atoms with Gasteiger partial charge >= 0.3 is 5.97 Å². The van der Waals surface area contributed by atoms with Crippen molar-refractivity contribution in [2.45, 2.75) is 13.3 Å². The first-order chi connectivity index (χ1) is 6.48. The third-order valence-corrected chi connectivity index (χ3v) is 2.58. The number of sulfonamides is 1. The Morgan fingerprint density at radius 2 is 2.14 bits per heavy atom. The molecule has 0 aromatic rings. The van der Waals surface area contributed by atoms with Crippen molar-refractivity contribution in [2.75, 3.05) is 25.5 Å².